The van der Waals surface area contributed by atoms with E-state index in [1.165, 1.54) is 0 Å². The van der Waals surface area contributed by atoms with Crippen molar-refractivity contribution in [2.45, 2.75) is 13.0 Å². The summed E-state index contributed by atoms with van der Waals surface area (Å²) in [6.45, 7) is 2.91. The zero-order valence-corrected chi connectivity index (χ0v) is 11.2. The van der Waals surface area contributed by atoms with E-state index in [1.54, 1.807) is 6.08 Å². The van der Waals surface area contributed by atoms with Crippen LogP contribution < -0.4 is 5.32 Å². The van der Waals surface area contributed by atoms with Gasteiger partial charge in [-0.2, -0.15) is 0 Å². The van der Waals surface area contributed by atoms with Gasteiger partial charge >= 0.3 is 5.97 Å². The molecule has 0 radical (unpaired) electrons. The minimum Gasteiger partial charge on any atom is -0.478 e. The number of amides is 1. The van der Waals surface area contributed by atoms with E-state index in [9.17, 15) is 9.59 Å². The van der Waals surface area contributed by atoms with Crippen LogP contribution in [-0.2, 0) is 16.1 Å². The lowest BCUT2D eigenvalue weighted by Crippen LogP contribution is -2.28. The van der Waals surface area contributed by atoms with Crippen LogP contribution in [0.25, 0.3) is 6.08 Å². The largest absolute Gasteiger partial charge is 0.478 e. The summed E-state index contributed by atoms with van der Waals surface area (Å²) in [6.07, 6.45) is 3.26. The fourth-order valence-electron chi connectivity index (χ4n) is 2.21. The Kier molecular flexibility index (Phi) is 4.90. The Bertz CT molecular complexity index is 526. The van der Waals surface area contributed by atoms with E-state index < -0.39 is 5.97 Å². The van der Waals surface area contributed by atoms with Crippen molar-refractivity contribution in [3.8, 4) is 0 Å². The van der Waals surface area contributed by atoms with Crippen LogP contribution in [0.3, 0.4) is 0 Å². The summed E-state index contributed by atoms with van der Waals surface area (Å²) in [7, 11) is 0. The Balaban J connectivity index is 2.08. The van der Waals surface area contributed by atoms with Crippen LogP contribution in [0, 0.1) is 0 Å². The fourth-order valence-corrected chi connectivity index (χ4v) is 2.21. The SMILES string of the molecule is O=C(O)C=Cc1ccccc1CN1CCNC(=O)CC1. The molecule has 1 fully saturated rings. The summed E-state index contributed by atoms with van der Waals surface area (Å²) < 4.78 is 0. The first kappa shape index (κ1) is 14.3. The van der Waals surface area contributed by atoms with Crippen molar-refractivity contribution in [2.24, 2.45) is 0 Å². The highest BCUT2D eigenvalue weighted by Gasteiger charge is 2.14. The monoisotopic (exact) mass is 274 g/mol. The Morgan fingerprint density at radius 2 is 2.15 bits per heavy atom. The molecule has 0 spiro atoms. The molecule has 1 aliphatic heterocycles. The highest BCUT2D eigenvalue weighted by Crippen LogP contribution is 2.14. The second-order valence-corrected chi connectivity index (χ2v) is 4.75. The first-order valence-corrected chi connectivity index (χ1v) is 6.63. The van der Waals surface area contributed by atoms with E-state index >= 15 is 0 Å². The Labute approximate surface area is 117 Å². The lowest BCUT2D eigenvalue weighted by molar-refractivity contribution is -0.131. The lowest BCUT2D eigenvalue weighted by Gasteiger charge is -2.20. The number of carboxylic acid groups (broad SMARTS) is 1. The highest BCUT2D eigenvalue weighted by molar-refractivity contribution is 5.85. The molecule has 0 saturated carbocycles. The van der Waals surface area contributed by atoms with Crippen molar-refractivity contribution >= 4 is 18.0 Å². The number of carbonyl (C=O) groups excluding carboxylic acids is 1. The van der Waals surface area contributed by atoms with Crippen LogP contribution >= 0.6 is 0 Å². The molecule has 2 N–H and O–H groups in total. The van der Waals surface area contributed by atoms with Gasteiger partial charge in [-0.3, -0.25) is 9.69 Å². The number of nitrogens with one attached hydrogen (secondary N) is 1. The molecule has 1 amide bonds. The van der Waals surface area contributed by atoms with Crippen LogP contribution in [0.1, 0.15) is 17.5 Å². The van der Waals surface area contributed by atoms with Gasteiger partial charge in [0.05, 0.1) is 0 Å². The molecular weight excluding hydrogens is 256 g/mol. The van der Waals surface area contributed by atoms with Gasteiger partial charge in [0, 0.05) is 38.7 Å². The van der Waals surface area contributed by atoms with Crippen molar-refractivity contribution < 1.29 is 14.7 Å². The maximum absolute atomic E-state index is 11.3. The molecule has 1 saturated heterocycles. The molecule has 1 aromatic carbocycles. The molecule has 106 valence electrons. The third-order valence-electron chi connectivity index (χ3n) is 3.26. The first-order chi connectivity index (χ1) is 9.65. The third-order valence-corrected chi connectivity index (χ3v) is 3.26. The molecule has 0 atom stereocenters. The zero-order chi connectivity index (χ0) is 14.4. The molecule has 1 aliphatic rings. The minimum atomic E-state index is -0.954. The number of hydrogen-bond donors (Lipinski definition) is 2. The van der Waals surface area contributed by atoms with E-state index in [1.807, 2.05) is 24.3 Å². The summed E-state index contributed by atoms with van der Waals surface area (Å²) in [5, 5.41) is 11.6. The second kappa shape index (κ2) is 6.86. The smallest absolute Gasteiger partial charge is 0.328 e. The zero-order valence-electron chi connectivity index (χ0n) is 11.2. The number of rotatable bonds is 4. The van der Waals surface area contributed by atoms with Crippen molar-refractivity contribution in [1.29, 1.82) is 0 Å². The summed E-state index contributed by atoms with van der Waals surface area (Å²) in [5.74, 6) is -0.865. The van der Waals surface area contributed by atoms with Crippen LogP contribution in [0.5, 0.6) is 0 Å². The van der Waals surface area contributed by atoms with Crippen molar-refractivity contribution in [2.75, 3.05) is 19.6 Å². The van der Waals surface area contributed by atoms with Crippen LogP contribution in [-0.4, -0.2) is 41.5 Å². The molecular formula is C15H18N2O3. The molecule has 1 heterocycles. The number of benzene rings is 1. The molecule has 20 heavy (non-hydrogen) atoms. The standard InChI is InChI=1S/C15H18N2O3/c18-14-7-9-17(10-8-16-14)11-13-4-2-1-3-12(13)5-6-15(19)20/h1-6H,7-11H2,(H,16,18)(H,19,20). The van der Waals surface area contributed by atoms with Gasteiger partial charge < -0.3 is 10.4 Å². The molecule has 5 heteroatoms. The lowest BCUT2D eigenvalue weighted by atomic mass is 10.1. The summed E-state index contributed by atoms with van der Waals surface area (Å²) in [4.78, 5) is 24.1. The second-order valence-electron chi connectivity index (χ2n) is 4.75. The maximum atomic E-state index is 11.3. The van der Waals surface area contributed by atoms with E-state index in [0.29, 0.717) is 13.0 Å². The molecule has 5 nitrogen and oxygen atoms in total. The van der Waals surface area contributed by atoms with Crippen molar-refractivity contribution in [3.63, 3.8) is 0 Å². The summed E-state index contributed by atoms with van der Waals surface area (Å²) in [6, 6.07) is 7.71. The molecule has 2 rings (SSSR count). The minimum absolute atomic E-state index is 0.0894. The fraction of sp³-hybridized carbons (Fsp3) is 0.333. The number of aliphatic carboxylic acids is 1. The molecule has 0 aromatic heterocycles. The summed E-state index contributed by atoms with van der Waals surface area (Å²) >= 11 is 0. The Morgan fingerprint density at radius 3 is 2.95 bits per heavy atom. The predicted molar refractivity (Wildman–Crippen MR) is 76.0 cm³/mol. The quantitative estimate of drug-likeness (QED) is 0.807. The topological polar surface area (TPSA) is 69.6 Å². The normalized spacial score (nSPS) is 16.9. The number of carbonyl (C=O) groups is 2. The number of nitrogens with zero attached hydrogens (tertiary/aromatic N) is 1. The summed E-state index contributed by atoms with van der Waals surface area (Å²) in [5.41, 5.74) is 1.97. The van der Waals surface area contributed by atoms with Gasteiger partial charge in [-0.1, -0.05) is 24.3 Å². The van der Waals surface area contributed by atoms with E-state index in [4.69, 9.17) is 5.11 Å². The predicted octanol–water partition coefficient (Wildman–Crippen LogP) is 1.11. The van der Waals surface area contributed by atoms with Crippen LogP contribution in [0.15, 0.2) is 30.3 Å². The van der Waals surface area contributed by atoms with Crippen LogP contribution in [0.4, 0.5) is 0 Å². The van der Waals surface area contributed by atoms with Crippen molar-refractivity contribution in [1.82, 2.24) is 10.2 Å². The average Bonchev–Trinajstić information content (AvgIpc) is 2.63. The van der Waals surface area contributed by atoms with E-state index in [2.05, 4.69) is 10.2 Å². The molecule has 1 aromatic rings. The van der Waals surface area contributed by atoms with Gasteiger partial charge in [-0.15, -0.1) is 0 Å². The number of carboxylic acids is 1. The van der Waals surface area contributed by atoms with Crippen molar-refractivity contribution in [3.05, 3.63) is 41.5 Å². The van der Waals surface area contributed by atoms with Gasteiger partial charge in [0.2, 0.25) is 5.91 Å². The number of hydrogen-bond acceptors (Lipinski definition) is 3. The van der Waals surface area contributed by atoms with E-state index in [-0.39, 0.29) is 5.91 Å². The third kappa shape index (κ3) is 4.20. The van der Waals surface area contributed by atoms with Crippen LogP contribution in [0.2, 0.25) is 0 Å². The molecule has 0 aliphatic carbocycles. The van der Waals surface area contributed by atoms with Gasteiger partial charge in [-0.05, 0) is 17.2 Å². The average molecular weight is 274 g/mol. The van der Waals surface area contributed by atoms with Gasteiger partial charge in [0.25, 0.3) is 0 Å². The first-order valence-electron chi connectivity index (χ1n) is 6.63. The Hall–Kier alpha value is -2.14. The van der Waals surface area contributed by atoms with Gasteiger partial charge in [0.15, 0.2) is 0 Å². The van der Waals surface area contributed by atoms with E-state index in [0.717, 1.165) is 36.8 Å². The molecule has 0 bridgehead atoms. The molecule has 0 unspecified atom stereocenters. The highest BCUT2D eigenvalue weighted by atomic mass is 16.4. The van der Waals surface area contributed by atoms with Gasteiger partial charge in [-0.25, -0.2) is 4.79 Å². The van der Waals surface area contributed by atoms with Gasteiger partial charge in [0.1, 0.15) is 0 Å². The maximum Gasteiger partial charge on any atom is 0.328 e. The Morgan fingerprint density at radius 1 is 1.35 bits per heavy atom.